The third-order valence-electron chi connectivity index (χ3n) is 2.69. The van der Waals surface area contributed by atoms with Crippen LogP contribution < -0.4 is 4.90 Å². The Morgan fingerprint density at radius 2 is 2.19 bits per heavy atom. The Morgan fingerprint density at radius 1 is 1.56 bits per heavy atom. The van der Waals surface area contributed by atoms with E-state index in [-0.39, 0.29) is 18.3 Å². The van der Waals surface area contributed by atoms with Crippen LogP contribution in [0.2, 0.25) is 0 Å². The van der Waals surface area contributed by atoms with Gasteiger partial charge in [0.25, 0.3) is 5.69 Å². The Kier molecular flexibility index (Phi) is 3.84. The average Bonchev–Trinajstić information content (AvgIpc) is 2.26. The van der Waals surface area contributed by atoms with Crippen LogP contribution in [0.1, 0.15) is 12.5 Å². The Balaban J connectivity index is 3.24. The fourth-order valence-corrected chi connectivity index (χ4v) is 1.59. The summed E-state index contributed by atoms with van der Waals surface area (Å²) in [6, 6.07) is 4.81. The monoisotopic (exact) mass is 224 g/mol. The smallest absolute Gasteiger partial charge is 0.292 e. The van der Waals surface area contributed by atoms with E-state index in [0.29, 0.717) is 5.69 Å². The van der Waals surface area contributed by atoms with Gasteiger partial charge < -0.3 is 10.0 Å². The molecule has 5 nitrogen and oxygen atoms in total. The van der Waals surface area contributed by atoms with Gasteiger partial charge in [0.1, 0.15) is 5.69 Å². The molecule has 1 aromatic carbocycles. The van der Waals surface area contributed by atoms with E-state index in [2.05, 4.69) is 0 Å². The molecule has 0 radical (unpaired) electrons. The molecule has 1 rings (SSSR count). The van der Waals surface area contributed by atoms with Crippen molar-refractivity contribution >= 4 is 11.4 Å². The van der Waals surface area contributed by atoms with Crippen molar-refractivity contribution in [1.29, 1.82) is 0 Å². The Labute approximate surface area is 94.5 Å². The summed E-state index contributed by atoms with van der Waals surface area (Å²) in [5.41, 5.74) is 1.47. The average molecular weight is 224 g/mol. The quantitative estimate of drug-likeness (QED) is 0.624. The van der Waals surface area contributed by atoms with E-state index in [1.165, 1.54) is 6.07 Å². The summed E-state index contributed by atoms with van der Waals surface area (Å²) >= 11 is 0. The van der Waals surface area contributed by atoms with Crippen molar-refractivity contribution in [3.05, 3.63) is 33.9 Å². The van der Waals surface area contributed by atoms with Gasteiger partial charge in [-0.2, -0.15) is 0 Å². The summed E-state index contributed by atoms with van der Waals surface area (Å²) in [6.45, 7) is 3.60. The molecule has 0 aliphatic heterocycles. The van der Waals surface area contributed by atoms with Crippen molar-refractivity contribution in [3.63, 3.8) is 0 Å². The van der Waals surface area contributed by atoms with Crippen LogP contribution in [0.4, 0.5) is 11.4 Å². The molecule has 0 saturated carbocycles. The highest BCUT2D eigenvalue weighted by molar-refractivity contribution is 5.67. The third-order valence-corrected chi connectivity index (χ3v) is 2.69. The van der Waals surface area contributed by atoms with Gasteiger partial charge in [-0.25, -0.2) is 0 Å². The van der Waals surface area contributed by atoms with Crippen LogP contribution in [-0.2, 0) is 0 Å². The second-order valence-electron chi connectivity index (χ2n) is 3.84. The number of likely N-dealkylation sites (N-methyl/N-ethyl adjacent to an activating group) is 1. The first-order valence-corrected chi connectivity index (χ1v) is 5.06. The van der Waals surface area contributed by atoms with Gasteiger partial charge in [-0.15, -0.1) is 0 Å². The first-order chi connectivity index (χ1) is 7.49. The fraction of sp³-hybridized carbons (Fsp3) is 0.455. The summed E-state index contributed by atoms with van der Waals surface area (Å²) < 4.78 is 0. The Morgan fingerprint density at radius 3 is 2.69 bits per heavy atom. The number of aliphatic hydroxyl groups is 1. The number of aryl methyl sites for hydroxylation is 1. The number of anilines is 1. The fourth-order valence-electron chi connectivity index (χ4n) is 1.59. The lowest BCUT2D eigenvalue weighted by Gasteiger charge is -2.26. The number of rotatable bonds is 4. The van der Waals surface area contributed by atoms with E-state index < -0.39 is 4.92 Å². The van der Waals surface area contributed by atoms with Crippen LogP contribution in [-0.4, -0.2) is 29.7 Å². The molecule has 1 N–H and O–H groups in total. The van der Waals surface area contributed by atoms with Gasteiger partial charge >= 0.3 is 0 Å². The lowest BCUT2D eigenvalue weighted by Crippen LogP contribution is -2.32. The number of benzene rings is 1. The number of nitro groups is 1. The lowest BCUT2D eigenvalue weighted by molar-refractivity contribution is -0.384. The van der Waals surface area contributed by atoms with Crippen molar-refractivity contribution < 1.29 is 10.0 Å². The van der Waals surface area contributed by atoms with Crippen molar-refractivity contribution in [3.8, 4) is 0 Å². The molecule has 0 spiro atoms. The van der Waals surface area contributed by atoms with E-state index in [0.717, 1.165) is 5.56 Å². The summed E-state index contributed by atoms with van der Waals surface area (Å²) in [4.78, 5) is 12.2. The molecule has 0 aliphatic carbocycles. The molecule has 0 bridgehead atoms. The molecular weight excluding hydrogens is 208 g/mol. The van der Waals surface area contributed by atoms with Crippen LogP contribution in [0.3, 0.4) is 0 Å². The number of nitrogens with zero attached hydrogens (tertiary/aromatic N) is 2. The van der Waals surface area contributed by atoms with E-state index in [9.17, 15) is 10.1 Å². The third kappa shape index (κ3) is 2.30. The van der Waals surface area contributed by atoms with Crippen molar-refractivity contribution in [2.24, 2.45) is 0 Å². The van der Waals surface area contributed by atoms with E-state index in [4.69, 9.17) is 5.11 Å². The van der Waals surface area contributed by atoms with Crippen LogP contribution in [0, 0.1) is 17.0 Å². The second kappa shape index (κ2) is 4.94. The standard InChI is InChI=1S/C11H16N2O3/c1-8-5-4-6-10(13(15)16)11(8)12(3)9(2)7-14/h4-6,9,14H,7H2,1-3H3. The molecule has 0 aliphatic rings. The molecule has 16 heavy (non-hydrogen) atoms. The summed E-state index contributed by atoms with van der Waals surface area (Å²) in [7, 11) is 1.75. The van der Waals surface area contributed by atoms with Gasteiger partial charge in [-0.3, -0.25) is 10.1 Å². The van der Waals surface area contributed by atoms with Crippen LogP contribution in [0.5, 0.6) is 0 Å². The van der Waals surface area contributed by atoms with Gasteiger partial charge in [-0.05, 0) is 19.4 Å². The van der Waals surface area contributed by atoms with Gasteiger partial charge in [0, 0.05) is 19.2 Å². The zero-order valence-corrected chi connectivity index (χ0v) is 9.67. The maximum atomic E-state index is 10.9. The highest BCUT2D eigenvalue weighted by atomic mass is 16.6. The highest BCUT2D eigenvalue weighted by Gasteiger charge is 2.21. The number of nitro benzene ring substituents is 1. The largest absolute Gasteiger partial charge is 0.394 e. The maximum absolute atomic E-state index is 10.9. The predicted octanol–water partition coefficient (Wildman–Crippen LogP) is 1.72. The molecule has 1 aromatic rings. The van der Waals surface area contributed by atoms with Crippen molar-refractivity contribution in [2.45, 2.75) is 19.9 Å². The minimum absolute atomic E-state index is 0.0397. The molecule has 0 heterocycles. The molecular formula is C11H16N2O3. The highest BCUT2D eigenvalue weighted by Crippen LogP contribution is 2.31. The van der Waals surface area contributed by atoms with E-state index in [1.807, 2.05) is 19.9 Å². The lowest BCUT2D eigenvalue weighted by atomic mass is 10.1. The van der Waals surface area contributed by atoms with Crippen LogP contribution in [0.25, 0.3) is 0 Å². The maximum Gasteiger partial charge on any atom is 0.292 e. The van der Waals surface area contributed by atoms with Gasteiger partial charge in [0.2, 0.25) is 0 Å². The molecule has 5 heteroatoms. The van der Waals surface area contributed by atoms with Crippen molar-refractivity contribution in [1.82, 2.24) is 0 Å². The van der Waals surface area contributed by atoms with E-state index in [1.54, 1.807) is 18.0 Å². The van der Waals surface area contributed by atoms with Gasteiger partial charge in [0.05, 0.1) is 11.5 Å². The molecule has 1 atom stereocenters. The predicted molar refractivity (Wildman–Crippen MR) is 62.8 cm³/mol. The van der Waals surface area contributed by atoms with Crippen LogP contribution >= 0.6 is 0 Å². The van der Waals surface area contributed by atoms with Gasteiger partial charge in [-0.1, -0.05) is 12.1 Å². The number of hydrogen-bond donors (Lipinski definition) is 1. The first-order valence-electron chi connectivity index (χ1n) is 5.06. The molecule has 0 saturated heterocycles. The second-order valence-corrected chi connectivity index (χ2v) is 3.84. The SMILES string of the molecule is Cc1cccc([N+](=O)[O-])c1N(C)C(C)CO. The first kappa shape index (κ1) is 12.4. The molecule has 0 aromatic heterocycles. The zero-order chi connectivity index (χ0) is 12.3. The molecule has 0 amide bonds. The number of aliphatic hydroxyl groups excluding tert-OH is 1. The molecule has 0 fully saturated rings. The normalized spacial score (nSPS) is 12.2. The van der Waals surface area contributed by atoms with Crippen LogP contribution in [0.15, 0.2) is 18.2 Å². The Hall–Kier alpha value is -1.62. The van der Waals surface area contributed by atoms with Gasteiger partial charge in [0.15, 0.2) is 0 Å². The zero-order valence-electron chi connectivity index (χ0n) is 9.67. The Bertz CT molecular complexity index is 393. The summed E-state index contributed by atoms with van der Waals surface area (Å²) in [5.74, 6) is 0. The number of para-hydroxylation sites is 1. The molecule has 88 valence electrons. The minimum atomic E-state index is -0.400. The summed E-state index contributed by atoms with van der Waals surface area (Å²) in [5, 5.41) is 20.0. The molecule has 1 unspecified atom stereocenters. The van der Waals surface area contributed by atoms with Crippen molar-refractivity contribution in [2.75, 3.05) is 18.6 Å². The summed E-state index contributed by atoms with van der Waals surface area (Å²) in [6.07, 6.45) is 0. The number of hydrogen-bond acceptors (Lipinski definition) is 4. The minimum Gasteiger partial charge on any atom is -0.394 e. The van der Waals surface area contributed by atoms with E-state index >= 15 is 0 Å². The topological polar surface area (TPSA) is 66.6 Å².